The maximum absolute atomic E-state index is 13.3. The van der Waals surface area contributed by atoms with Crippen LogP contribution in [-0.4, -0.2) is 67.1 Å². The number of alkyl halides is 3. The Hall–Kier alpha value is -3.98. The fourth-order valence-corrected chi connectivity index (χ4v) is 5.11. The van der Waals surface area contributed by atoms with E-state index in [9.17, 15) is 23.5 Å². The summed E-state index contributed by atoms with van der Waals surface area (Å²) in [5.41, 5.74) is -0.510. The summed E-state index contributed by atoms with van der Waals surface area (Å²) in [7, 11) is 0. The van der Waals surface area contributed by atoms with Crippen LogP contribution >= 0.6 is 0 Å². The van der Waals surface area contributed by atoms with E-state index in [1.807, 2.05) is 19.1 Å². The Morgan fingerprint density at radius 3 is 2.71 bits per heavy atom. The van der Waals surface area contributed by atoms with E-state index in [-0.39, 0.29) is 40.2 Å². The Balaban J connectivity index is 1.18. The molecule has 0 spiro atoms. The number of aliphatic hydroxyl groups is 1. The van der Waals surface area contributed by atoms with Crippen LogP contribution in [0.15, 0.2) is 41.8 Å². The van der Waals surface area contributed by atoms with Crippen molar-refractivity contribution in [1.29, 1.82) is 5.26 Å². The van der Waals surface area contributed by atoms with Crippen LogP contribution in [0.3, 0.4) is 0 Å². The van der Waals surface area contributed by atoms with Crippen molar-refractivity contribution in [3.05, 3.63) is 47.9 Å². The lowest BCUT2D eigenvalue weighted by Gasteiger charge is -2.48. The number of H-pyrrole nitrogens is 1. The average Bonchev–Trinajstić information content (AvgIpc) is 3.66. The molecule has 2 unspecified atom stereocenters. The highest BCUT2D eigenvalue weighted by molar-refractivity contribution is 5.95. The molecule has 3 N–H and O–H groups in total. The molecule has 3 aromatic rings. The summed E-state index contributed by atoms with van der Waals surface area (Å²) in [5.74, 6) is 1.60. The topological polar surface area (TPSA) is 126 Å². The summed E-state index contributed by atoms with van der Waals surface area (Å²) in [6.45, 7) is 3.76. The first kappa shape index (κ1) is 24.4. The van der Waals surface area contributed by atoms with Crippen LogP contribution in [-0.2, 0) is 6.18 Å². The largest absolute Gasteiger partial charge is 0.417 e. The maximum atomic E-state index is 13.3. The number of anilines is 1. The van der Waals surface area contributed by atoms with E-state index in [1.165, 1.54) is 12.4 Å². The van der Waals surface area contributed by atoms with Gasteiger partial charge in [0.1, 0.15) is 23.2 Å². The lowest BCUT2D eigenvalue weighted by molar-refractivity contribution is -0.137. The third-order valence-electron chi connectivity index (χ3n) is 7.57. The van der Waals surface area contributed by atoms with Crippen LogP contribution in [0.1, 0.15) is 30.9 Å². The van der Waals surface area contributed by atoms with Crippen LogP contribution in [0, 0.1) is 23.2 Å². The summed E-state index contributed by atoms with van der Waals surface area (Å²) < 4.78 is 39.8. The number of nitrogens with zero attached hydrogens (tertiary/aromatic N) is 6. The maximum Gasteiger partial charge on any atom is 0.417 e. The molecule has 9 nitrogen and oxygen atoms in total. The van der Waals surface area contributed by atoms with Crippen LogP contribution in [0.4, 0.5) is 19.1 Å². The van der Waals surface area contributed by atoms with E-state index in [1.54, 1.807) is 0 Å². The fraction of sp³-hybridized carbons (Fsp3) is 0.423. The van der Waals surface area contributed by atoms with Crippen molar-refractivity contribution in [3.8, 4) is 17.3 Å². The molecule has 196 valence electrons. The molecule has 2 atom stereocenters. The minimum atomic E-state index is -4.55. The molecule has 1 aliphatic carbocycles. The Kier molecular flexibility index (Phi) is 5.64. The number of aromatic nitrogens is 4. The molecule has 12 heteroatoms. The van der Waals surface area contributed by atoms with Crippen molar-refractivity contribution in [1.82, 2.24) is 24.8 Å². The van der Waals surface area contributed by atoms with Gasteiger partial charge in [0, 0.05) is 41.8 Å². The second kappa shape index (κ2) is 8.80. The summed E-state index contributed by atoms with van der Waals surface area (Å²) in [4.78, 5) is 22.3. The Bertz CT molecular complexity index is 1490. The number of fused-ring (bicyclic) bond motifs is 1. The van der Waals surface area contributed by atoms with Gasteiger partial charge in [0.05, 0.1) is 36.1 Å². The van der Waals surface area contributed by atoms with Gasteiger partial charge >= 0.3 is 6.18 Å². The lowest BCUT2D eigenvalue weighted by Crippen LogP contribution is -2.64. The number of hydrogen-bond donors (Lipinski definition) is 3. The zero-order chi connectivity index (χ0) is 26.7. The molecule has 3 aliphatic rings. The van der Waals surface area contributed by atoms with E-state index in [0.717, 1.165) is 30.9 Å². The van der Waals surface area contributed by atoms with Gasteiger partial charge in [-0.2, -0.15) is 18.4 Å². The fourth-order valence-electron chi connectivity index (χ4n) is 5.11. The first-order valence-electron chi connectivity index (χ1n) is 12.4. The number of β-amino-alcohol motifs (C(OH)–C–C–N with tert-alkyl or cyclic N) is 1. The molecule has 0 amide bonds. The van der Waals surface area contributed by atoms with E-state index < -0.39 is 17.3 Å². The van der Waals surface area contributed by atoms with Crippen LogP contribution < -0.4 is 5.32 Å². The Morgan fingerprint density at radius 2 is 2.05 bits per heavy atom. The van der Waals surface area contributed by atoms with Crippen molar-refractivity contribution >= 4 is 22.8 Å². The van der Waals surface area contributed by atoms with E-state index in [4.69, 9.17) is 4.99 Å². The number of nitrogens with one attached hydrogen (secondary N) is 2. The van der Waals surface area contributed by atoms with Crippen molar-refractivity contribution in [3.63, 3.8) is 0 Å². The van der Waals surface area contributed by atoms with Crippen molar-refractivity contribution in [2.45, 2.75) is 37.6 Å². The monoisotopic (exact) mass is 522 g/mol. The molecule has 2 aliphatic heterocycles. The van der Waals surface area contributed by atoms with E-state index in [0.29, 0.717) is 31.1 Å². The molecule has 0 bridgehead atoms. The SMILES string of the molecule is CC(Nc1ncc(C#N)c(-c2c[nH]c3ncc(C(F)(F)F)cc23)n1)C1C=CC(N2CC(O)(C3CC3)C2)=NC1. The van der Waals surface area contributed by atoms with Gasteiger partial charge in [0.15, 0.2) is 0 Å². The standard InChI is InChI=1S/C26H25F3N8O/c1-14(15-2-5-21(31-8-15)37-12-25(38,13-37)17-3-4-17)35-24-34-9-16(7-30)22(36-24)20-11-33-23-19(20)6-18(10-32-23)26(27,28)29/h2,5-6,9-11,14-15,17,38H,3-4,8,12-13H2,1H3,(H,32,33)(H,34,35,36). The highest BCUT2D eigenvalue weighted by Crippen LogP contribution is 2.44. The number of aliphatic imine (C=N–C) groups is 1. The van der Waals surface area contributed by atoms with Gasteiger partial charge in [-0.05, 0) is 37.8 Å². The molecule has 6 rings (SSSR count). The first-order valence-corrected chi connectivity index (χ1v) is 12.4. The molecule has 1 saturated heterocycles. The zero-order valence-electron chi connectivity index (χ0n) is 20.5. The predicted octanol–water partition coefficient (Wildman–Crippen LogP) is 3.75. The molecule has 1 saturated carbocycles. The van der Waals surface area contributed by atoms with Gasteiger partial charge in [-0.15, -0.1) is 0 Å². The molecule has 38 heavy (non-hydrogen) atoms. The van der Waals surface area contributed by atoms with Crippen molar-refractivity contribution < 1.29 is 18.3 Å². The predicted molar refractivity (Wildman–Crippen MR) is 134 cm³/mol. The number of hydrogen-bond acceptors (Lipinski definition) is 8. The number of halogens is 3. The first-order chi connectivity index (χ1) is 18.1. The van der Waals surface area contributed by atoms with Gasteiger partial charge < -0.3 is 20.3 Å². The van der Waals surface area contributed by atoms with Crippen molar-refractivity contribution in [2.75, 3.05) is 25.0 Å². The van der Waals surface area contributed by atoms with Crippen molar-refractivity contribution in [2.24, 2.45) is 16.8 Å². The Morgan fingerprint density at radius 1 is 1.26 bits per heavy atom. The summed E-state index contributed by atoms with van der Waals surface area (Å²) in [5, 5.41) is 23.6. The number of rotatable bonds is 5. The second-order valence-corrected chi connectivity index (χ2v) is 10.3. The molecule has 0 radical (unpaired) electrons. The number of nitriles is 1. The summed E-state index contributed by atoms with van der Waals surface area (Å²) >= 11 is 0. The number of aromatic amines is 1. The van der Waals surface area contributed by atoms with Gasteiger partial charge in [0.25, 0.3) is 0 Å². The molecule has 0 aromatic carbocycles. The number of pyridine rings is 1. The quantitative estimate of drug-likeness (QED) is 0.466. The van der Waals surface area contributed by atoms with Crippen LogP contribution in [0.2, 0.25) is 0 Å². The number of likely N-dealkylation sites (tertiary alicyclic amines) is 1. The molecule has 2 fully saturated rings. The van der Waals surface area contributed by atoms with Gasteiger partial charge in [-0.3, -0.25) is 4.99 Å². The van der Waals surface area contributed by atoms with E-state index >= 15 is 0 Å². The number of amidine groups is 1. The molecular weight excluding hydrogens is 497 g/mol. The van der Waals surface area contributed by atoms with Gasteiger partial charge in [-0.25, -0.2) is 15.0 Å². The third-order valence-corrected chi connectivity index (χ3v) is 7.57. The zero-order valence-corrected chi connectivity index (χ0v) is 20.5. The average molecular weight is 523 g/mol. The molecule has 3 aromatic heterocycles. The molecule has 5 heterocycles. The van der Waals surface area contributed by atoms with E-state index in [2.05, 4.69) is 36.2 Å². The summed E-state index contributed by atoms with van der Waals surface area (Å²) in [6, 6.07) is 2.91. The highest BCUT2D eigenvalue weighted by Gasteiger charge is 2.52. The van der Waals surface area contributed by atoms with Gasteiger partial charge in [-0.1, -0.05) is 6.08 Å². The third kappa shape index (κ3) is 4.36. The Labute approximate surface area is 216 Å². The normalized spacial score (nSPS) is 21.5. The minimum absolute atomic E-state index is 0.0525. The number of dihydropyridines is 1. The second-order valence-electron chi connectivity index (χ2n) is 10.3. The van der Waals surface area contributed by atoms with Crippen LogP contribution in [0.5, 0.6) is 0 Å². The summed E-state index contributed by atoms with van der Waals surface area (Å²) in [6.07, 6.45) is 5.31. The minimum Gasteiger partial charge on any atom is -0.386 e. The van der Waals surface area contributed by atoms with Crippen LogP contribution in [0.25, 0.3) is 22.3 Å². The molecular formula is C26H25F3N8O. The lowest BCUT2D eigenvalue weighted by atomic mass is 9.88. The smallest absolute Gasteiger partial charge is 0.386 e. The van der Waals surface area contributed by atoms with Gasteiger partial charge in [0.2, 0.25) is 5.95 Å². The highest BCUT2D eigenvalue weighted by atomic mass is 19.4.